The van der Waals surface area contributed by atoms with E-state index in [0.717, 1.165) is 0 Å². The first-order valence-corrected chi connectivity index (χ1v) is 6.94. The van der Waals surface area contributed by atoms with Crippen LogP contribution in [0.25, 0.3) is 0 Å². The Morgan fingerprint density at radius 3 is 2.65 bits per heavy atom. The Kier molecular flexibility index (Phi) is 4.46. The molecular formula is C13H10ClFN2O2S. The van der Waals surface area contributed by atoms with Gasteiger partial charge in [-0.05, 0) is 29.8 Å². The van der Waals surface area contributed by atoms with E-state index in [0.29, 0.717) is 26.9 Å². The Hall–Kier alpha value is -1.79. The van der Waals surface area contributed by atoms with Gasteiger partial charge in [0.1, 0.15) is 5.82 Å². The van der Waals surface area contributed by atoms with Crippen LogP contribution in [-0.4, -0.2) is 4.92 Å². The summed E-state index contributed by atoms with van der Waals surface area (Å²) in [5.41, 5.74) is 6.47. The molecule has 104 valence electrons. The predicted octanol–water partition coefficient (Wildman–Crippen LogP) is 4.26. The van der Waals surface area contributed by atoms with Crippen molar-refractivity contribution in [2.75, 3.05) is 5.73 Å². The number of nitrogen functional groups attached to an aromatic ring is 1. The molecule has 0 saturated heterocycles. The van der Waals surface area contributed by atoms with Crippen LogP contribution in [0.5, 0.6) is 0 Å². The summed E-state index contributed by atoms with van der Waals surface area (Å²) in [7, 11) is 0. The van der Waals surface area contributed by atoms with Gasteiger partial charge in [0.15, 0.2) is 0 Å². The van der Waals surface area contributed by atoms with Gasteiger partial charge in [-0.15, -0.1) is 11.8 Å². The maximum Gasteiger partial charge on any atom is 0.270 e. The molecule has 2 aromatic carbocycles. The number of nitrogens with two attached hydrogens (primary N) is 1. The molecule has 2 rings (SSSR count). The molecule has 4 nitrogen and oxygen atoms in total. The quantitative estimate of drug-likeness (QED) is 0.396. The number of nitro groups is 1. The van der Waals surface area contributed by atoms with Gasteiger partial charge in [0.05, 0.1) is 9.95 Å². The summed E-state index contributed by atoms with van der Waals surface area (Å²) < 4.78 is 13.6. The normalized spacial score (nSPS) is 10.5. The van der Waals surface area contributed by atoms with E-state index in [1.165, 1.54) is 30.0 Å². The largest absolute Gasteiger partial charge is 0.399 e. The molecule has 0 amide bonds. The smallest absolute Gasteiger partial charge is 0.270 e. The fraction of sp³-hybridized carbons (Fsp3) is 0.0769. The van der Waals surface area contributed by atoms with Gasteiger partial charge in [-0.3, -0.25) is 10.1 Å². The summed E-state index contributed by atoms with van der Waals surface area (Å²) in [6.45, 7) is 0. The van der Waals surface area contributed by atoms with Crippen LogP contribution >= 0.6 is 23.4 Å². The molecule has 0 aliphatic rings. The molecule has 0 aromatic heterocycles. The van der Waals surface area contributed by atoms with Gasteiger partial charge < -0.3 is 5.73 Å². The summed E-state index contributed by atoms with van der Waals surface area (Å²) in [5.74, 6) is 0.0190. The van der Waals surface area contributed by atoms with Crippen molar-refractivity contribution in [2.45, 2.75) is 10.6 Å². The third kappa shape index (κ3) is 3.40. The molecule has 0 spiro atoms. The zero-order valence-electron chi connectivity index (χ0n) is 10.2. The molecule has 0 fully saturated rings. The average molecular weight is 313 g/mol. The van der Waals surface area contributed by atoms with E-state index in [2.05, 4.69) is 0 Å². The van der Waals surface area contributed by atoms with Crippen LogP contribution in [-0.2, 0) is 5.75 Å². The maximum atomic E-state index is 13.6. The Morgan fingerprint density at radius 1 is 1.30 bits per heavy atom. The van der Waals surface area contributed by atoms with Crippen LogP contribution in [0.4, 0.5) is 15.8 Å². The maximum absolute atomic E-state index is 13.6. The van der Waals surface area contributed by atoms with Crippen molar-refractivity contribution in [1.29, 1.82) is 0 Å². The number of hydrogen-bond acceptors (Lipinski definition) is 4. The van der Waals surface area contributed by atoms with E-state index in [1.54, 1.807) is 18.2 Å². The standard InChI is InChI=1S/C13H10ClFN2O2S/c14-11-6-10(17(18)19)3-1-8(11)7-20-13-4-2-9(16)5-12(13)15/h1-6H,7,16H2. The molecule has 0 aliphatic heterocycles. The van der Waals surface area contributed by atoms with E-state index in [4.69, 9.17) is 17.3 Å². The number of hydrogen-bond donors (Lipinski definition) is 1. The Balaban J connectivity index is 2.13. The minimum atomic E-state index is -0.511. The van der Waals surface area contributed by atoms with E-state index >= 15 is 0 Å². The van der Waals surface area contributed by atoms with E-state index in [9.17, 15) is 14.5 Å². The minimum absolute atomic E-state index is 0.0672. The van der Waals surface area contributed by atoms with Crippen molar-refractivity contribution in [1.82, 2.24) is 0 Å². The molecular weight excluding hydrogens is 303 g/mol. The second-order valence-electron chi connectivity index (χ2n) is 4.01. The molecule has 7 heteroatoms. The highest BCUT2D eigenvalue weighted by Gasteiger charge is 2.10. The first kappa shape index (κ1) is 14.6. The zero-order chi connectivity index (χ0) is 14.7. The minimum Gasteiger partial charge on any atom is -0.399 e. The highest BCUT2D eigenvalue weighted by atomic mass is 35.5. The van der Waals surface area contributed by atoms with Crippen LogP contribution < -0.4 is 5.73 Å². The third-order valence-corrected chi connectivity index (χ3v) is 4.04. The molecule has 0 heterocycles. The lowest BCUT2D eigenvalue weighted by Gasteiger charge is -2.06. The van der Waals surface area contributed by atoms with Crippen molar-refractivity contribution in [3.63, 3.8) is 0 Å². The van der Waals surface area contributed by atoms with Crippen LogP contribution in [0.3, 0.4) is 0 Å². The summed E-state index contributed by atoms with van der Waals surface area (Å²) in [5, 5.41) is 10.9. The lowest BCUT2D eigenvalue weighted by Crippen LogP contribution is -1.91. The first-order valence-electron chi connectivity index (χ1n) is 5.58. The topological polar surface area (TPSA) is 69.2 Å². The number of benzene rings is 2. The molecule has 0 bridgehead atoms. The van der Waals surface area contributed by atoms with Gasteiger partial charge in [0.25, 0.3) is 5.69 Å². The fourth-order valence-corrected chi connectivity index (χ4v) is 2.80. The monoisotopic (exact) mass is 312 g/mol. The lowest BCUT2D eigenvalue weighted by atomic mass is 10.2. The van der Waals surface area contributed by atoms with Crippen LogP contribution in [0.1, 0.15) is 5.56 Å². The third-order valence-electron chi connectivity index (χ3n) is 2.59. The highest BCUT2D eigenvalue weighted by molar-refractivity contribution is 7.98. The molecule has 2 N–H and O–H groups in total. The number of rotatable bonds is 4. The van der Waals surface area contributed by atoms with Crippen molar-refractivity contribution >= 4 is 34.7 Å². The summed E-state index contributed by atoms with van der Waals surface area (Å²) in [6, 6.07) is 8.69. The first-order chi connectivity index (χ1) is 9.47. The summed E-state index contributed by atoms with van der Waals surface area (Å²) >= 11 is 7.23. The van der Waals surface area contributed by atoms with Gasteiger partial charge in [-0.25, -0.2) is 4.39 Å². The molecule has 0 atom stereocenters. The molecule has 2 aromatic rings. The van der Waals surface area contributed by atoms with Crippen LogP contribution in [0.15, 0.2) is 41.3 Å². The highest BCUT2D eigenvalue weighted by Crippen LogP contribution is 2.31. The van der Waals surface area contributed by atoms with Crippen molar-refractivity contribution in [3.05, 3.63) is 62.9 Å². The lowest BCUT2D eigenvalue weighted by molar-refractivity contribution is -0.384. The molecule has 0 unspecified atom stereocenters. The van der Waals surface area contributed by atoms with Gasteiger partial charge in [-0.1, -0.05) is 11.6 Å². The zero-order valence-corrected chi connectivity index (χ0v) is 11.7. The second kappa shape index (κ2) is 6.11. The van der Waals surface area contributed by atoms with E-state index in [-0.39, 0.29) is 5.69 Å². The summed E-state index contributed by atoms with van der Waals surface area (Å²) in [6.07, 6.45) is 0. The number of nitrogens with zero attached hydrogens (tertiary/aromatic N) is 1. The van der Waals surface area contributed by atoms with Crippen molar-refractivity contribution in [2.24, 2.45) is 0 Å². The van der Waals surface area contributed by atoms with E-state index in [1.807, 2.05) is 0 Å². The summed E-state index contributed by atoms with van der Waals surface area (Å²) in [4.78, 5) is 10.5. The fourth-order valence-electron chi connectivity index (χ4n) is 1.56. The molecule has 0 radical (unpaired) electrons. The molecule has 20 heavy (non-hydrogen) atoms. The number of anilines is 1. The number of thioether (sulfide) groups is 1. The van der Waals surface area contributed by atoms with Gasteiger partial charge in [0.2, 0.25) is 0 Å². The number of non-ortho nitro benzene ring substituents is 1. The van der Waals surface area contributed by atoms with Crippen molar-refractivity contribution in [3.8, 4) is 0 Å². The van der Waals surface area contributed by atoms with Gasteiger partial charge >= 0.3 is 0 Å². The number of nitro benzene ring substituents is 1. The van der Waals surface area contributed by atoms with Crippen molar-refractivity contribution < 1.29 is 9.31 Å². The van der Waals surface area contributed by atoms with Gasteiger partial charge in [-0.2, -0.15) is 0 Å². The number of halogens is 2. The SMILES string of the molecule is Nc1ccc(SCc2ccc([N+](=O)[O-])cc2Cl)c(F)c1. The molecule has 0 aliphatic carbocycles. The average Bonchev–Trinajstić information content (AvgIpc) is 2.38. The van der Waals surface area contributed by atoms with Gasteiger partial charge in [0, 0.05) is 28.5 Å². The Bertz CT molecular complexity index is 667. The van der Waals surface area contributed by atoms with E-state index < -0.39 is 10.7 Å². The molecule has 0 saturated carbocycles. The second-order valence-corrected chi connectivity index (χ2v) is 5.44. The predicted molar refractivity (Wildman–Crippen MR) is 78.5 cm³/mol. The van der Waals surface area contributed by atoms with Crippen LogP contribution in [0, 0.1) is 15.9 Å². The van der Waals surface area contributed by atoms with Crippen LogP contribution in [0.2, 0.25) is 5.02 Å². The Morgan fingerprint density at radius 2 is 2.05 bits per heavy atom. The Labute approximate surface area is 123 Å².